The topological polar surface area (TPSA) is 74.8 Å². The van der Waals surface area contributed by atoms with Gasteiger partial charge in [-0.2, -0.15) is 0 Å². The lowest BCUT2D eigenvalue weighted by atomic mass is 9.96. The minimum atomic E-state index is -0.419. The van der Waals surface area contributed by atoms with Crippen molar-refractivity contribution in [3.05, 3.63) is 53.6 Å². The van der Waals surface area contributed by atoms with Crippen molar-refractivity contribution in [3.63, 3.8) is 0 Å². The monoisotopic (exact) mass is 400 g/mol. The molecule has 29 heavy (non-hydrogen) atoms. The molecule has 1 aromatic heterocycles. The first-order chi connectivity index (χ1) is 14.0. The number of hydrogen-bond donors (Lipinski definition) is 1. The number of nitrogens with zero attached hydrogens (tertiary/aromatic N) is 3. The number of nitrogens with one attached hydrogen (secondary N) is 1. The molecule has 154 valence electrons. The van der Waals surface area contributed by atoms with Gasteiger partial charge in [0.1, 0.15) is 5.82 Å². The van der Waals surface area contributed by atoms with E-state index < -0.39 is 5.82 Å². The van der Waals surface area contributed by atoms with Crippen molar-refractivity contribution >= 4 is 23.8 Å². The first-order valence-electron chi connectivity index (χ1n) is 9.52. The van der Waals surface area contributed by atoms with Gasteiger partial charge in [0.15, 0.2) is 0 Å². The van der Waals surface area contributed by atoms with E-state index in [2.05, 4.69) is 15.3 Å². The highest BCUT2D eigenvalue weighted by Crippen LogP contribution is 2.23. The van der Waals surface area contributed by atoms with Gasteiger partial charge in [-0.15, -0.1) is 0 Å². The second kappa shape index (κ2) is 9.47. The molecule has 0 saturated carbocycles. The van der Waals surface area contributed by atoms with Gasteiger partial charge in [0, 0.05) is 12.2 Å². The standard InChI is InChI=1S/C21H25FN4O3/c1-15-3-4-19(12-23-15)24-26(14-27)20-10-16(9-18(22)11-20)13-25-7-5-17(6-8-25)21(28)29-2/h3-4,9-12,14,17,24H,5-8,13H2,1-2H3. The molecule has 2 aromatic rings. The number of carbonyl (C=O) groups excluding carboxylic acids is 2. The summed E-state index contributed by atoms with van der Waals surface area (Å²) < 4.78 is 19.0. The molecule has 0 bridgehead atoms. The van der Waals surface area contributed by atoms with Crippen molar-refractivity contribution in [2.24, 2.45) is 5.92 Å². The Hall–Kier alpha value is -3.00. The van der Waals surface area contributed by atoms with Crippen LogP contribution in [0.1, 0.15) is 24.1 Å². The number of carbonyl (C=O) groups is 2. The molecule has 1 aromatic carbocycles. The number of ether oxygens (including phenoxy) is 1. The van der Waals surface area contributed by atoms with Crippen LogP contribution in [0.25, 0.3) is 0 Å². The highest BCUT2D eigenvalue weighted by Gasteiger charge is 2.25. The van der Waals surface area contributed by atoms with E-state index in [1.165, 1.54) is 24.3 Å². The number of aromatic nitrogens is 1. The highest BCUT2D eigenvalue weighted by atomic mass is 19.1. The lowest BCUT2D eigenvalue weighted by Gasteiger charge is -2.30. The fourth-order valence-electron chi connectivity index (χ4n) is 3.44. The Morgan fingerprint density at radius 1 is 1.34 bits per heavy atom. The van der Waals surface area contributed by atoms with Crippen LogP contribution in [0.2, 0.25) is 0 Å². The van der Waals surface area contributed by atoms with Crippen LogP contribution in [0.15, 0.2) is 36.5 Å². The summed E-state index contributed by atoms with van der Waals surface area (Å²) in [6.45, 7) is 3.87. The molecule has 0 atom stereocenters. The predicted octanol–water partition coefficient (Wildman–Crippen LogP) is 2.90. The Balaban J connectivity index is 1.68. The average molecular weight is 400 g/mol. The summed E-state index contributed by atoms with van der Waals surface area (Å²) in [5.74, 6) is -0.661. The number of rotatable bonds is 7. The van der Waals surface area contributed by atoms with Crippen LogP contribution in [0.3, 0.4) is 0 Å². The quantitative estimate of drug-likeness (QED) is 0.438. The molecule has 0 spiro atoms. The molecule has 3 rings (SSSR count). The molecule has 8 heteroatoms. The molecule has 1 fully saturated rings. The van der Waals surface area contributed by atoms with Gasteiger partial charge in [-0.3, -0.25) is 24.9 Å². The number of benzene rings is 1. The number of anilines is 2. The van der Waals surface area contributed by atoms with E-state index in [1.807, 2.05) is 13.0 Å². The Morgan fingerprint density at radius 2 is 2.10 bits per heavy atom. The molecule has 7 nitrogen and oxygen atoms in total. The number of methoxy groups -OCH3 is 1. The van der Waals surface area contributed by atoms with Crippen LogP contribution in [-0.4, -0.2) is 42.5 Å². The number of aryl methyl sites for hydroxylation is 1. The van der Waals surface area contributed by atoms with Crippen molar-refractivity contribution < 1.29 is 18.7 Å². The van der Waals surface area contributed by atoms with E-state index in [1.54, 1.807) is 18.3 Å². The van der Waals surface area contributed by atoms with E-state index in [4.69, 9.17) is 4.74 Å². The van der Waals surface area contributed by atoms with Crippen LogP contribution in [0, 0.1) is 18.7 Å². The zero-order valence-corrected chi connectivity index (χ0v) is 16.6. The molecular formula is C21H25FN4O3. The minimum absolute atomic E-state index is 0.0720. The van der Waals surface area contributed by atoms with Crippen molar-refractivity contribution in [1.82, 2.24) is 9.88 Å². The van der Waals surface area contributed by atoms with Crippen LogP contribution in [-0.2, 0) is 20.9 Å². The fourth-order valence-corrected chi connectivity index (χ4v) is 3.44. The Kier molecular flexibility index (Phi) is 6.77. The zero-order chi connectivity index (χ0) is 20.8. The van der Waals surface area contributed by atoms with Gasteiger partial charge in [-0.25, -0.2) is 9.40 Å². The number of pyridine rings is 1. The SMILES string of the molecule is COC(=O)C1CCN(Cc2cc(F)cc(N(C=O)Nc3ccc(C)nc3)c2)CC1. The lowest BCUT2D eigenvalue weighted by Crippen LogP contribution is -2.36. The molecule has 0 radical (unpaired) electrons. The predicted molar refractivity (Wildman–Crippen MR) is 108 cm³/mol. The van der Waals surface area contributed by atoms with E-state index in [0.717, 1.165) is 37.2 Å². The molecule has 1 N–H and O–H groups in total. The smallest absolute Gasteiger partial charge is 0.308 e. The zero-order valence-electron chi connectivity index (χ0n) is 16.6. The van der Waals surface area contributed by atoms with Gasteiger partial charge < -0.3 is 4.74 Å². The Labute approximate surface area is 169 Å². The molecule has 1 aliphatic heterocycles. The Bertz CT molecular complexity index is 852. The first kappa shape index (κ1) is 20.7. The molecule has 1 amide bonds. The highest BCUT2D eigenvalue weighted by molar-refractivity contribution is 5.78. The second-order valence-electron chi connectivity index (χ2n) is 7.17. The summed E-state index contributed by atoms with van der Waals surface area (Å²) >= 11 is 0. The number of piperidine rings is 1. The van der Waals surface area contributed by atoms with Crippen LogP contribution in [0.5, 0.6) is 0 Å². The molecule has 0 aliphatic carbocycles. The van der Waals surface area contributed by atoms with Gasteiger partial charge in [0.25, 0.3) is 0 Å². The molecule has 1 aliphatic rings. The van der Waals surface area contributed by atoms with Crippen LogP contribution < -0.4 is 10.4 Å². The molecule has 1 saturated heterocycles. The van der Waals surface area contributed by atoms with Gasteiger partial charge in [0.05, 0.1) is 30.6 Å². The van der Waals surface area contributed by atoms with Crippen molar-refractivity contribution in [3.8, 4) is 0 Å². The number of esters is 1. The van der Waals surface area contributed by atoms with Crippen molar-refractivity contribution in [2.75, 3.05) is 30.6 Å². The Morgan fingerprint density at radius 3 is 2.72 bits per heavy atom. The third-order valence-corrected chi connectivity index (χ3v) is 5.02. The van der Waals surface area contributed by atoms with E-state index in [0.29, 0.717) is 24.3 Å². The number of hydrazine groups is 1. The maximum absolute atomic E-state index is 14.2. The third-order valence-electron chi connectivity index (χ3n) is 5.02. The summed E-state index contributed by atoms with van der Waals surface area (Å²) in [5, 5.41) is 1.22. The average Bonchev–Trinajstić information content (AvgIpc) is 2.73. The second-order valence-corrected chi connectivity index (χ2v) is 7.17. The normalized spacial score (nSPS) is 15.0. The lowest BCUT2D eigenvalue weighted by molar-refractivity contribution is -0.147. The fraction of sp³-hybridized carbons (Fsp3) is 0.381. The summed E-state index contributed by atoms with van der Waals surface area (Å²) in [5.41, 5.74) is 5.57. The summed E-state index contributed by atoms with van der Waals surface area (Å²) in [6, 6.07) is 8.16. The number of hydrogen-bond acceptors (Lipinski definition) is 6. The number of likely N-dealkylation sites (tertiary alicyclic amines) is 1. The maximum atomic E-state index is 14.2. The number of amides is 1. The maximum Gasteiger partial charge on any atom is 0.308 e. The van der Waals surface area contributed by atoms with E-state index >= 15 is 0 Å². The van der Waals surface area contributed by atoms with Gasteiger partial charge in [-0.1, -0.05) is 0 Å². The first-order valence-corrected chi connectivity index (χ1v) is 9.52. The van der Waals surface area contributed by atoms with Crippen molar-refractivity contribution in [2.45, 2.75) is 26.3 Å². The summed E-state index contributed by atoms with van der Waals surface area (Å²) in [4.78, 5) is 29.6. The van der Waals surface area contributed by atoms with Crippen LogP contribution in [0.4, 0.5) is 15.8 Å². The third kappa shape index (κ3) is 5.51. The van der Waals surface area contributed by atoms with Gasteiger partial charge in [-0.05, 0) is 68.8 Å². The van der Waals surface area contributed by atoms with E-state index in [-0.39, 0.29) is 11.9 Å². The number of halogens is 1. The van der Waals surface area contributed by atoms with Crippen molar-refractivity contribution in [1.29, 1.82) is 0 Å². The van der Waals surface area contributed by atoms with Gasteiger partial charge >= 0.3 is 5.97 Å². The molecular weight excluding hydrogens is 375 g/mol. The van der Waals surface area contributed by atoms with Crippen LogP contribution >= 0.6 is 0 Å². The van der Waals surface area contributed by atoms with Gasteiger partial charge in [0.2, 0.25) is 6.41 Å². The molecule has 2 heterocycles. The minimum Gasteiger partial charge on any atom is -0.469 e. The van der Waals surface area contributed by atoms with E-state index in [9.17, 15) is 14.0 Å². The largest absolute Gasteiger partial charge is 0.469 e. The summed E-state index contributed by atoms with van der Waals surface area (Å²) in [7, 11) is 1.41. The molecule has 0 unspecified atom stereocenters. The summed E-state index contributed by atoms with van der Waals surface area (Å²) in [6.07, 6.45) is 3.65.